The van der Waals surface area contributed by atoms with Gasteiger partial charge in [-0.1, -0.05) is 125 Å². The summed E-state index contributed by atoms with van der Waals surface area (Å²) in [6, 6.07) is 51.2. The van der Waals surface area contributed by atoms with Crippen LogP contribution in [0.4, 0.5) is 46.7 Å². The van der Waals surface area contributed by atoms with Crippen molar-refractivity contribution in [2.75, 3.05) is 57.6 Å². The van der Waals surface area contributed by atoms with Gasteiger partial charge in [-0.25, -0.2) is 81.4 Å². The summed E-state index contributed by atoms with van der Waals surface area (Å²) in [5.74, 6) is 2.93. The van der Waals surface area contributed by atoms with Crippen molar-refractivity contribution in [1.29, 1.82) is 5.26 Å². The van der Waals surface area contributed by atoms with Gasteiger partial charge in [-0.15, -0.1) is 0 Å². The Kier molecular flexibility index (Phi) is 24.9. The van der Waals surface area contributed by atoms with E-state index in [1.165, 1.54) is 30.5 Å². The molecule has 25 nitrogen and oxygen atoms in total. The first-order valence-corrected chi connectivity index (χ1v) is 37.7. The number of aliphatic imine (C=N–C) groups is 1. The fraction of sp³-hybridized carbons (Fsp3) is 0.131. The van der Waals surface area contributed by atoms with Crippen LogP contribution in [0.3, 0.4) is 0 Å². The number of nitrogens with one attached hydrogen (secondary N) is 1. The molecule has 0 spiro atoms. The summed E-state index contributed by atoms with van der Waals surface area (Å²) >= 11 is 29.8. The molecule has 0 unspecified atom stereocenters. The number of nitrogens with two attached hydrogens (primary N) is 1. The number of fused-ring (bicyclic) bond motifs is 4. The molecule has 1 aliphatic heterocycles. The molecule has 0 atom stereocenters. The van der Waals surface area contributed by atoms with E-state index in [0.717, 1.165) is 39.5 Å². The lowest BCUT2D eigenvalue weighted by molar-refractivity contribution is 0.414. The summed E-state index contributed by atoms with van der Waals surface area (Å²) in [7, 11) is 10.2. The first-order valence-electron chi connectivity index (χ1n) is 35.8. The molecule has 16 aromatic rings. The minimum Gasteiger partial charge on any atom is -0.497 e. The normalized spacial score (nSPS) is 11.4. The summed E-state index contributed by atoms with van der Waals surface area (Å²) in [4.78, 5) is 52.8. The number of halogens is 9. The number of hydrogen-bond donors (Lipinski definition) is 2. The van der Waals surface area contributed by atoms with Gasteiger partial charge in [-0.05, 0) is 120 Å². The van der Waals surface area contributed by atoms with E-state index in [0.29, 0.717) is 141 Å². The Bertz CT molecular complexity index is 6480. The van der Waals surface area contributed by atoms with Crippen molar-refractivity contribution in [3.63, 3.8) is 0 Å². The Morgan fingerprint density at radius 3 is 1.33 bits per heavy atom. The second-order valence-corrected chi connectivity index (χ2v) is 27.9. The third-order valence-corrected chi connectivity index (χ3v) is 20.0. The maximum Gasteiger partial charge on any atom is 0.179 e. The van der Waals surface area contributed by atoms with Crippen molar-refractivity contribution in [2.45, 2.75) is 32.7 Å². The first-order chi connectivity index (χ1) is 57.3. The molecular weight excluding hydrogens is 1620 g/mol. The van der Waals surface area contributed by atoms with Crippen LogP contribution < -0.4 is 35.1 Å². The minimum atomic E-state index is -0.578. The van der Waals surface area contributed by atoms with E-state index < -0.39 is 23.3 Å². The molecule has 0 radical (unpaired) electrons. The number of nitrogens with zero attached hydrogens (tertiary/aromatic N) is 20. The van der Waals surface area contributed by atoms with Gasteiger partial charge in [-0.2, -0.15) is 20.6 Å². The third kappa shape index (κ3) is 17.3. The monoisotopic (exact) mass is 1680 g/mol. The number of hydrogen-bond acceptors (Lipinski definition) is 22. The number of nitriles is 1. The largest absolute Gasteiger partial charge is 0.497 e. The van der Waals surface area contributed by atoms with Gasteiger partial charge in [0.05, 0.1) is 109 Å². The van der Waals surface area contributed by atoms with Crippen LogP contribution >= 0.6 is 58.0 Å². The highest BCUT2D eigenvalue weighted by atomic mass is 35.5. The maximum atomic E-state index is 15.0. The molecule has 34 heteroatoms. The quantitative estimate of drug-likeness (QED) is 0.0711. The number of rotatable bonds is 19. The zero-order valence-electron chi connectivity index (χ0n) is 63.3. The molecule has 0 saturated heterocycles. The van der Waals surface area contributed by atoms with Gasteiger partial charge < -0.3 is 35.1 Å². The van der Waals surface area contributed by atoms with Gasteiger partial charge >= 0.3 is 0 Å². The molecule has 10 heterocycles. The number of benzene rings is 7. The van der Waals surface area contributed by atoms with Crippen LogP contribution in [0.2, 0.25) is 25.2 Å². The molecule has 0 amide bonds. The fourth-order valence-corrected chi connectivity index (χ4v) is 13.4. The van der Waals surface area contributed by atoms with Crippen molar-refractivity contribution >= 4 is 126 Å². The highest BCUT2D eigenvalue weighted by Gasteiger charge is 2.28. The van der Waals surface area contributed by atoms with Crippen molar-refractivity contribution < 1.29 is 31.8 Å². The summed E-state index contributed by atoms with van der Waals surface area (Å²) < 4.78 is 79.1. The van der Waals surface area contributed by atoms with Crippen LogP contribution in [-0.4, -0.2) is 127 Å². The molecule has 17 rings (SSSR count). The lowest BCUT2D eigenvalue weighted by atomic mass is 10.1. The summed E-state index contributed by atoms with van der Waals surface area (Å²) in [5, 5.41) is 26.6. The van der Waals surface area contributed by atoms with E-state index in [4.69, 9.17) is 82.9 Å². The lowest BCUT2D eigenvalue weighted by Gasteiger charge is -2.20. The Morgan fingerprint density at radius 2 is 0.864 bits per heavy atom. The maximum absolute atomic E-state index is 15.0. The molecule has 0 bridgehead atoms. The Labute approximate surface area is 696 Å². The molecular formula is C84H65Cl5F4N22O3. The van der Waals surface area contributed by atoms with Gasteiger partial charge in [0.25, 0.3) is 0 Å². The zero-order chi connectivity index (χ0) is 82.8. The molecule has 3 N–H and O–H groups in total. The smallest absolute Gasteiger partial charge is 0.179 e. The fourth-order valence-electron chi connectivity index (χ4n) is 12.6. The van der Waals surface area contributed by atoms with Crippen LogP contribution in [0.1, 0.15) is 44.8 Å². The molecule has 0 aliphatic carbocycles. The molecule has 0 fully saturated rings. The molecule has 9 aromatic heterocycles. The molecule has 7 aromatic carbocycles. The van der Waals surface area contributed by atoms with E-state index in [1.54, 1.807) is 146 Å². The predicted octanol–water partition coefficient (Wildman–Crippen LogP) is 18.0. The Morgan fingerprint density at radius 1 is 0.458 bits per heavy atom. The Balaban J connectivity index is 0.000000130. The number of methoxy groups -OCH3 is 3. The highest BCUT2D eigenvalue weighted by molar-refractivity contribution is 6.32. The first kappa shape index (κ1) is 81.2. The average molecular weight is 1680 g/mol. The van der Waals surface area contributed by atoms with E-state index in [9.17, 15) is 22.8 Å². The second-order valence-electron chi connectivity index (χ2n) is 25.9. The average Bonchev–Trinajstić information content (AvgIpc) is 1.64. The van der Waals surface area contributed by atoms with Crippen molar-refractivity contribution in [3.8, 4) is 57.1 Å². The van der Waals surface area contributed by atoms with Crippen molar-refractivity contribution in [1.82, 2.24) is 79.2 Å². The van der Waals surface area contributed by atoms with Gasteiger partial charge in [0, 0.05) is 67.9 Å². The molecule has 0 saturated carbocycles. The van der Waals surface area contributed by atoms with Gasteiger partial charge in [0.1, 0.15) is 79.4 Å². The van der Waals surface area contributed by atoms with E-state index in [-0.39, 0.29) is 41.9 Å². The Hall–Kier alpha value is -13.3. The highest BCUT2D eigenvalue weighted by Crippen LogP contribution is 2.38. The SMILES string of the molecule is CN(c1cnc2c(n1)CN=C2c1cccc(Cl)c1F)c1ncccc1CN.CNc1cnc2c(-c3cccc(Cl)c3F)nn(Cc3ccc(OC)cc3)c2n1.COc1ccc(Cn2nc(-c3cccc(Cl)c3F)c3ncc(Cl)nc32)cc1.COc1ccc(Cn2nc(-c3cccc(Cl)c3F)c3ncc(N(C)c4ncccc4C#N)nc32)cc1. The molecule has 592 valence electrons. The van der Waals surface area contributed by atoms with Crippen LogP contribution in [0.25, 0.3) is 67.3 Å². The van der Waals surface area contributed by atoms with Crippen LogP contribution in [0.15, 0.2) is 212 Å². The topological polar surface area (TPSA) is 291 Å². The summed E-state index contributed by atoms with van der Waals surface area (Å²) in [6.07, 6.45) is 9.48. The standard InChI is InChI=1S/C26H19ClFN7O.C20H17ClFN5O.C19H13Cl2FN4O.C19H16ClFN6/c1-34(25-17(13-29)5-4-12-30-25)21-14-31-24-23(19-6-3-7-20(27)22(19)28)33-35(26(24)32-21)15-16-8-10-18(36-2)11-9-16;1-23-16-10-24-19-18(14-4-3-5-15(21)17(14)22)26-27(20(19)25-16)11-12-6-8-13(28-2)9-7-12;1-27-12-7-5-11(6-8-12)10-26-19-18(23-9-15(21)24-19)17(25-26)13-3-2-4-14(20)16(13)22;1-27(19-11(8-22)4-3-7-23-19)15-10-25-18-14(26-15)9-24-17(18)12-5-2-6-13(20)16(12)21/h3-12,14H,15H2,1-2H3;3-10H,11H2,1-2H3,(H,23,25);2-9H,10H2,1H3;2-7,10H,8-9,22H2,1H3. The van der Waals surface area contributed by atoms with Gasteiger partial charge in [0.15, 0.2) is 57.7 Å². The lowest BCUT2D eigenvalue weighted by Crippen LogP contribution is -2.18. The van der Waals surface area contributed by atoms with E-state index in [2.05, 4.69) is 76.5 Å². The van der Waals surface area contributed by atoms with Crippen LogP contribution in [0, 0.1) is 34.6 Å². The van der Waals surface area contributed by atoms with Crippen LogP contribution in [0.5, 0.6) is 17.2 Å². The minimum absolute atomic E-state index is 0.00569. The van der Waals surface area contributed by atoms with Crippen molar-refractivity contribution in [3.05, 3.63) is 300 Å². The second kappa shape index (κ2) is 36.2. The zero-order valence-corrected chi connectivity index (χ0v) is 67.1. The van der Waals surface area contributed by atoms with E-state index >= 15 is 0 Å². The number of anilines is 5. The summed E-state index contributed by atoms with van der Waals surface area (Å²) in [5.41, 5.74) is 16.8. The third-order valence-electron chi connectivity index (χ3n) is 18.6. The van der Waals surface area contributed by atoms with Crippen LogP contribution in [-0.2, 0) is 32.7 Å². The number of ether oxygens (including phenoxy) is 3. The molecule has 118 heavy (non-hydrogen) atoms. The van der Waals surface area contributed by atoms with Gasteiger partial charge in [-0.3, -0.25) is 4.99 Å². The van der Waals surface area contributed by atoms with E-state index in [1.807, 2.05) is 96.9 Å². The number of pyridine rings is 2. The summed E-state index contributed by atoms with van der Waals surface area (Å²) in [6.45, 7) is 1.92. The number of aromatic nitrogens is 16. The predicted molar refractivity (Wildman–Crippen MR) is 448 cm³/mol. The van der Waals surface area contributed by atoms with Gasteiger partial charge in [0.2, 0.25) is 0 Å². The van der Waals surface area contributed by atoms with Crippen molar-refractivity contribution in [2.24, 2.45) is 10.7 Å². The molecule has 1 aliphatic rings.